The molecule has 2 aromatic rings. The van der Waals surface area contributed by atoms with Gasteiger partial charge < -0.3 is 14.8 Å². The smallest absolute Gasteiger partial charge is 0.488 e. The number of aryl methyl sites for hydroxylation is 1. The summed E-state index contributed by atoms with van der Waals surface area (Å²) in [6.45, 7) is 1.95. The van der Waals surface area contributed by atoms with Crippen LogP contribution in [0.5, 0.6) is 5.75 Å². The van der Waals surface area contributed by atoms with E-state index in [4.69, 9.17) is 14.8 Å². The van der Waals surface area contributed by atoms with Gasteiger partial charge in [0.05, 0.1) is 0 Å². The summed E-state index contributed by atoms with van der Waals surface area (Å²) in [6.07, 6.45) is 0. The molecule has 0 atom stereocenters. The first-order valence-corrected chi connectivity index (χ1v) is 5.90. The van der Waals surface area contributed by atoms with E-state index in [1.807, 2.05) is 6.07 Å². The first-order chi connectivity index (χ1) is 9.06. The van der Waals surface area contributed by atoms with Crippen molar-refractivity contribution < 1.29 is 19.2 Å². The second-order valence-electron chi connectivity index (χ2n) is 4.32. The summed E-state index contributed by atoms with van der Waals surface area (Å²) in [4.78, 5) is 0. The molecule has 0 bridgehead atoms. The third-order valence-electron chi connectivity index (χ3n) is 2.78. The van der Waals surface area contributed by atoms with Crippen LogP contribution in [0.3, 0.4) is 0 Å². The number of halogens is 1. The quantitative estimate of drug-likeness (QED) is 0.817. The predicted octanol–water partition coefficient (Wildman–Crippen LogP) is 1.39. The molecular formula is C14H14BFO3. The molecule has 0 radical (unpaired) electrons. The Balaban J connectivity index is 2.05. The second kappa shape index (κ2) is 5.86. The fourth-order valence-corrected chi connectivity index (χ4v) is 1.72. The fourth-order valence-electron chi connectivity index (χ4n) is 1.72. The summed E-state index contributed by atoms with van der Waals surface area (Å²) in [7, 11) is -1.49. The molecule has 0 aliphatic carbocycles. The Hall–Kier alpha value is -1.85. The largest absolute Gasteiger partial charge is 0.489 e. The molecule has 0 saturated carbocycles. The van der Waals surface area contributed by atoms with Gasteiger partial charge in [0.1, 0.15) is 18.2 Å². The van der Waals surface area contributed by atoms with Crippen LogP contribution < -0.4 is 10.2 Å². The van der Waals surface area contributed by atoms with Gasteiger partial charge >= 0.3 is 7.12 Å². The van der Waals surface area contributed by atoms with Crippen molar-refractivity contribution in [1.82, 2.24) is 0 Å². The summed E-state index contributed by atoms with van der Waals surface area (Å²) in [6, 6.07) is 11.4. The molecule has 2 rings (SSSR count). The van der Waals surface area contributed by atoms with E-state index in [0.717, 1.165) is 5.56 Å². The van der Waals surface area contributed by atoms with Gasteiger partial charge in [-0.2, -0.15) is 0 Å². The first kappa shape index (κ1) is 13.6. The Bertz CT molecular complexity index is 572. The lowest BCUT2D eigenvalue weighted by molar-refractivity contribution is 0.305. The van der Waals surface area contributed by atoms with Crippen LogP contribution in [-0.4, -0.2) is 17.2 Å². The monoisotopic (exact) mass is 260 g/mol. The van der Waals surface area contributed by atoms with Crippen LogP contribution in [0.4, 0.5) is 4.39 Å². The van der Waals surface area contributed by atoms with E-state index in [-0.39, 0.29) is 12.4 Å². The van der Waals surface area contributed by atoms with E-state index >= 15 is 0 Å². The van der Waals surface area contributed by atoms with Gasteiger partial charge in [0.15, 0.2) is 0 Å². The van der Waals surface area contributed by atoms with Crippen molar-refractivity contribution in [1.29, 1.82) is 0 Å². The molecule has 3 nitrogen and oxygen atoms in total. The Morgan fingerprint density at radius 2 is 1.95 bits per heavy atom. The van der Waals surface area contributed by atoms with Crippen LogP contribution in [0, 0.1) is 12.7 Å². The molecule has 19 heavy (non-hydrogen) atoms. The normalized spacial score (nSPS) is 10.3. The van der Waals surface area contributed by atoms with Crippen molar-refractivity contribution in [3.63, 3.8) is 0 Å². The van der Waals surface area contributed by atoms with Gasteiger partial charge in [0.25, 0.3) is 0 Å². The van der Waals surface area contributed by atoms with Crippen molar-refractivity contribution in [3.8, 4) is 5.75 Å². The fraction of sp³-hybridized carbons (Fsp3) is 0.143. The second-order valence-corrected chi connectivity index (χ2v) is 4.32. The minimum absolute atomic E-state index is 0.266. The third kappa shape index (κ3) is 3.56. The van der Waals surface area contributed by atoms with E-state index in [1.54, 1.807) is 37.3 Å². The van der Waals surface area contributed by atoms with Crippen molar-refractivity contribution in [3.05, 3.63) is 59.4 Å². The maximum absolute atomic E-state index is 13.1. The lowest BCUT2D eigenvalue weighted by Gasteiger charge is -2.08. The number of hydrogen-bond acceptors (Lipinski definition) is 3. The zero-order valence-electron chi connectivity index (χ0n) is 10.5. The van der Waals surface area contributed by atoms with Gasteiger partial charge in [0, 0.05) is 0 Å². The van der Waals surface area contributed by atoms with Crippen LogP contribution >= 0.6 is 0 Å². The summed E-state index contributed by atoms with van der Waals surface area (Å²) >= 11 is 0. The average Bonchev–Trinajstić information content (AvgIpc) is 2.40. The molecule has 98 valence electrons. The van der Waals surface area contributed by atoms with E-state index < -0.39 is 7.12 Å². The molecule has 5 heteroatoms. The molecule has 2 N–H and O–H groups in total. The highest BCUT2D eigenvalue weighted by Crippen LogP contribution is 2.17. The van der Waals surface area contributed by atoms with E-state index in [1.165, 1.54) is 6.07 Å². The maximum atomic E-state index is 13.1. The van der Waals surface area contributed by atoms with Crippen LogP contribution in [0.2, 0.25) is 0 Å². The molecule has 0 spiro atoms. The summed E-state index contributed by atoms with van der Waals surface area (Å²) in [5.74, 6) is 0.312. The number of benzene rings is 2. The van der Waals surface area contributed by atoms with Crippen LogP contribution in [0.15, 0.2) is 42.5 Å². The lowest BCUT2D eigenvalue weighted by Crippen LogP contribution is -2.29. The molecule has 0 heterocycles. The number of hydrogen-bond donors (Lipinski definition) is 2. The third-order valence-corrected chi connectivity index (χ3v) is 2.78. The SMILES string of the molecule is Cc1cc(OCc2cccc(B(O)O)c2)ccc1F. The van der Waals surface area contributed by atoms with Crippen molar-refractivity contribution in [2.45, 2.75) is 13.5 Å². The zero-order chi connectivity index (χ0) is 13.8. The number of rotatable bonds is 4. The summed E-state index contributed by atoms with van der Waals surface area (Å²) in [5, 5.41) is 18.1. The highest BCUT2D eigenvalue weighted by Gasteiger charge is 2.10. The molecule has 0 unspecified atom stereocenters. The molecule has 0 saturated heterocycles. The van der Waals surface area contributed by atoms with Gasteiger partial charge in [-0.1, -0.05) is 24.3 Å². The van der Waals surface area contributed by atoms with E-state index in [9.17, 15) is 4.39 Å². The number of ether oxygens (including phenoxy) is 1. The lowest BCUT2D eigenvalue weighted by atomic mass is 9.80. The van der Waals surface area contributed by atoms with Crippen molar-refractivity contribution in [2.75, 3.05) is 0 Å². The minimum atomic E-state index is -1.49. The Morgan fingerprint density at radius 1 is 1.16 bits per heavy atom. The average molecular weight is 260 g/mol. The molecule has 0 aromatic heterocycles. The zero-order valence-corrected chi connectivity index (χ0v) is 10.5. The van der Waals surface area contributed by atoms with Crippen LogP contribution in [0.25, 0.3) is 0 Å². The summed E-state index contributed by atoms with van der Waals surface area (Å²) < 4.78 is 18.6. The first-order valence-electron chi connectivity index (χ1n) is 5.90. The molecule has 0 aliphatic rings. The Labute approximate surface area is 111 Å². The topological polar surface area (TPSA) is 49.7 Å². The molecule has 0 amide bonds. The minimum Gasteiger partial charge on any atom is -0.489 e. The van der Waals surface area contributed by atoms with E-state index in [2.05, 4.69) is 0 Å². The van der Waals surface area contributed by atoms with Gasteiger partial charge in [-0.05, 0) is 41.7 Å². The van der Waals surface area contributed by atoms with Crippen molar-refractivity contribution in [2.24, 2.45) is 0 Å². The Kier molecular flexibility index (Phi) is 4.19. The standard InChI is InChI=1S/C14H14BFO3/c1-10-7-13(5-6-14(10)16)19-9-11-3-2-4-12(8-11)15(17)18/h2-8,17-18H,9H2,1H3. The van der Waals surface area contributed by atoms with Gasteiger partial charge in [0.2, 0.25) is 0 Å². The molecular weight excluding hydrogens is 246 g/mol. The van der Waals surface area contributed by atoms with Crippen LogP contribution in [0.1, 0.15) is 11.1 Å². The highest BCUT2D eigenvalue weighted by molar-refractivity contribution is 6.58. The van der Waals surface area contributed by atoms with Gasteiger partial charge in [-0.15, -0.1) is 0 Å². The molecule has 0 aliphatic heterocycles. The van der Waals surface area contributed by atoms with Gasteiger partial charge in [-0.3, -0.25) is 0 Å². The van der Waals surface area contributed by atoms with Gasteiger partial charge in [-0.25, -0.2) is 4.39 Å². The molecule has 0 fully saturated rings. The maximum Gasteiger partial charge on any atom is 0.488 e. The Morgan fingerprint density at radius 3 is 2.63 bits per heavy atom. The van der Waals surface area contributed by atoms with E-state index in [0.29, 0.717) is 16.8 Å². The van der Waals surface area contributed by atoms with Crippen LogP contribution in [-0.2, 0) is 6.61 Å². The summed E-state index contributed by atoms with van der Waals surface area (Å²) in [5.41, 5.74) is 1.75. The van der Waals surface area contributed by atoms with Crippen molar-refractivity contribution >= 4 is 12.6 Å². The highest BCUT2D eigenvalue weighted by atomic mass is 19.1. The predicted molar refractivity (Wildman–Crippen MR) is 71.7 cm³/mol. The molecule has 2 aromatic carbocycles.